The normalized spacial score (nSPS) is 12.2. The summed E-state index contributed by atoms with van der Waals surface area (Å²) in [5.74, 6) is 1.49. The Morgan fingerprint density at radius 1 is 1.09 bits per heavy atom. The Morgan fingerprint density at radius 2 is 1.91 bits per heavy atom. The van der Waals surface area contributed by atoms with E-state index >= 15 is 0 Å². The lowest BCUT2D eigenvalue weighted by atomic mass is 10.0. The summed E-state index contributed by atoms with van der Waals surface area (Å²) in [6.45, 7) is 4.17. The van der Waals surface area contributed by atoms with Gasteiger partial charge in [-0.1, -0.05) is 30.3 Å². The van der Waals surface area contributed by atoms with Gasteiger partial charge in [0.15, 0.2) is 11.6 Å². The fourth-order valence-corrected chi connectivity index (χ4v) is 4.02. The molecule has 8 nitrogen and oxygen atoms in total. The quantitative estimate of drug-likeness (QED) is 0.332. The van der Waals surface area contributed by atoms with Crippen molar-refractivity contribution >= 4 is 16.7 Å². The smallest absolute Gasteiger partial charge is 0.166 e. The van der Waals surface area contributed by atoms with Crippen LogP contribution in [0.25, 0.3) is 33.4 Å². The molecule has 1 atom stereocenters. The molecule has 1 unspecified atom stereocenters. The summed E-state index contributed by atoms with van der Waals surface area (Å²) in [7, 11) is 0. The molecule has 0 spiro atoms. The molecule has 0 bridgehead atoms. The molecule has 5 aromatic rings. The van der Waals surface area contributed by atoms with Gasteiger partial charge in [-0.2, -0.15) is 5.10 Å². The van der Waals surface area contributed by atoms with Crippen LogP contribution in [0.15, 0.2) is 65.4 Å². The zero-order valence-electron chi connectivity index (χ0n) is 19.1. The van der Waals surface area contributed by atoms with Gasteiger partial charge in [0.25, 0.3) is 0 Å². The number of aromatic amines is 1. The highest BCUT2D eigenvalue weighted by Crippen LogP contribution is 2.37. The Kier molecular flexibility index (Phi) is 5.73. The molecule has 0 saturated carbocycles. The molecule has 4 heterocycles. The number of pyridine rings is 2. The molecule has 0 amide bonds. The predicted octanol–water partition coefficient (Wildman–Crippen LogP) is 4.43. The summed E-state index contributed by atoms with van der Waals surface area (Å²) in [4.78, 5) is 9.33. The van der Waals surface area contributed by atoms with E-state index in [1.807, 2.05) is 50.2 Å². The number of benzene rings is 1. The minimum atomic E-state index is -0.191. The maximum Gasteiger partial charge on any atom is 0.166 e. The number of rotatable bonds is 7. The summed E-state index contributed by atoms with van der Waals surface area (Å²) in [5.41, 5.74) is 18.6. The van der Waals surface area contributed by atoms with Gasteiger partial charge >= 0.3 is 0 Å². The molecule has 4 aromatic heterocycles. The third kappa shape index (κ3) is 4.23. The number of hydrogen-bond acceptors (Lipinski definition) is 7. The van der Waals surface area contributed by atoms with Gasteiger partial charge in [0.2, 0.25) is 0 Å². The van der Waals surface area contributed by atoms with Crippen LogP contribution in [0, 0.1) is 13.8 Å². The zero-order valence-corrected chi connectivity index (χ0v) is 19.1. The van der Waals surface area contributed by atoms with Crippen LogP contribution in [0.5, 0.6) is 5.75 Å². The lowest BCUT2D eigenvalue weighted by Crippen LogP contribution is -2.30. The van der Waals surface area contributed by atoms with Crippen molar-refractivity contribution in [1.82, 2.24) is 20.2 Å². The Balaban J connectivity index is 1.51. The number of nitrogen functional groups attached to an aromatic ring is 1. The zero-order chi connectivity index (χ0) is 23.7. The highest BCUT2D eigenvalue weighted by molar-refractivity contribution is 5.89. The van der Waals surface area contributed by atoms with E-state index in [4.69, 9.17) is 25.6 Å². The van der Waals surface area contributed by atoms with Crippen LogP contribution in [-0.4, -0.2) is 32.8 Å². The third-order valence-electron chi connectivity index (χ3n) is 5.83. The average molecular weight is 455 g/mol. The molecule has 172 valence electrons. The van der Waals surface area contributed by atoms with Gasteiger partial charge < -0.3 is 20.6 Å². The minimum absolute atomic E-state index is 0.191. The number of aryl methyl sites for hydroxylation is 2. The number of nitrogens with zero attached hydrogens (tertiary/aromatic N) is 3. The number of nitrogens with one attached hydrogen (secondary N) is 1. The molecular weight excluding hydrogens is 428 g/mol. The van der Waals surface area contributed by atoms with E-state index in [9.17, 15) is 0 Å². The average Bonchev–Trinajstić information content (AvgIpc) is 3.43. The molecule has 0 aliphatic heterocycles. The van der Waals surface area contributed by atoms with Crippen LogP contribution < -0.4 is 16.2 Å². The van der Waals surface area contributed by atoms with E-state index in [1.54, 1.807) is 12.5 Å². The number of nitrogens with two attached hydrogens (primary N) is 2. The topological polar surface area (TPSA) is 129 Å². The number of anilines is 1. The van der Waals surface area contributed by atoms with Crippen molar-refractivity contribution in [3.05, 3.63) is 78.0 Å². The second kappa shape index (κ2) is 8.99. The van der Waals surface area contributed by atoms with Crippen LogP contribution in [-0.2, 0) is 6.42 Å². The number of ether oxygens (including phenoxy) is 1. The molecule has 5 N–H and O–H groups in total. The van der Waals surface area contributed by atoms with Gasteiger partial charge in [-0.25, -0.2) is 4.98 Å². The molecule has 0 saturated heterocycles. The maximum absolute atomic E-state index is 6.33. The van der Waals surface area contributed by atoms with E-state index in [0.29, 0.717) is 24.5 Å². The first-order valence-corrected chi connectivity index (χ1v) is 11.1. The molecule has 0 fully saturated rings. The van der Waals surface area contributed by atoms with E-state index in [2.05, 4.69) is 27.3 Å². The van der Waals surface area contributed by atoms with Gasteiger partial charge in [-0.15, -0.1) is 0 Å². The highest BCUT2D eigenvalue weighted by Gasteiger charge is 2.19. The Morgan fingerprint density at radius 3 is 2.68 bits per heavy atom. The first-order valence-electron chi connectivity index (χ1n) is 11.1. The standard InChI is InChI=1S/C26H26N6O2/c1-15-20-11-22(29-13-23(20)32-31-15)21-12-24(26(28)30-25(21)19-8-9-33-16(19)2)34-14-18(27)10-17-6-4-3-5-7-17/h3-9,11-13,18H,10,14,27H2,1-2H3,(H2,28,30)(H,31,32). The van der Waals surface area contributed by atoms with Gasteiger partial charge in [-0.05, 0) is 44.0 Å². The lowest BCUT2D eigenvalue weighted by Gasteiger charge is -2.17. The SMILES string of the molecule is Cc1occc1-c1nc(N)c(OCC(N)Cc2ccccc2)cc1-c1cc2c(C)[nH]nc2cn1. The summed E-state index contributed by atoms with van der Waals surface area (Å²) in [6.07, 6.45) is 4.08. The van der Waals surface area contributed by atoms with Crippen molar-refractivity contribution in [3.63, 3.8) is 0 Å². The molecule has 5 rings (SSSR count). The van der Waals surface area contributed by atoms with Crippen molar-refractivity contribution in [1.29, 1.82) is 0 Å². The van der Waals surface area contributed by atoms with Crippen molar-refractivity contribution in [2.45, 2.75) is 26.3 Å². The first-order chi connectivity index (χ1) is 16.5. The van der Waals surface area contributed by atoms with E-state index in [-0.39, 0.29) is 11.9 Å². The highest BCUT2D eigenvalue weighted by atomic mass is 16.5. The van der Waals surface area contributed by atoms with Crippen LogP contribution in [0.4, 0.5) is 5.82 Å². The largest absolute Gasteiger partial charge is 0.488 e. The summed E-state index contributed by atoms with van der Waals surface area (Å²) < 4.78 is 11.6. The van der Waals surface area contributed by atoms with Crippen molar-refractivity contribution < 1.29 is 9.15 Å². The molecule has 0 aliphatic rings. The van der Waals surface area contributed by atoms with Crippen molar-refractivity contribution in [2.75, 3.05) is 12.3 Å². The Bertz CT molecular complexity index is 1440. The summed E-state index contributed by atoms with van der Waals surface area (Å²) in [6, 6.07) is 15.6. The molecular formula is C26H26N6O2. The number of aromatic nitrogens is 4. The van der Waals surface area contributed by atoms with Gasteiger partial charge in [-0.3, -0.25) is 10.1 Å². The monoisotopic (exact) mass is 454 g/mol. The van der Waals surface area contributed by atoms with Crippen LogP contribution in [0.2, 0.25) is 0 Å². The number of H-pyrrole nitrogens is 1. The first kappa shape index (κ1) is 21.7. The van der Waals surface area contributed by atoms with Crippen LogP contribution in [0.3, 0.4) is 0 Å². The second-order valence-corrected chi connectivity index (χ2v) is 8.35. The van der Waals surface area contributed by atoms with Gasteiger partial charge in [0, 0.05) is 28.2 Å². The molecule has 1 aromatic carbocycles. The second-order valence-electron chi connectivity index (χ2n) is 8.35. The fourth-order valence-electron chi connectivity index (χ4n) is 4.02. The van der Waals surface area contributed by atoms with Crippen molar-refractivity contribution in [3.8, 4) is 28.3 Å². The van der Waals surface area contributed by atoms with E-state index < -0.39 is 0 Å². The van der Waals surface area contributed by atoms with E-state index in [0.717, 1.165) is 44.7 Å². The lowest BCUT2D eigenvalue weighted by molar-refractivity contribution is 0.288. The Hall–Kier alpha value is -4.17. The number of hydrogen-bond donors (Lipinski definition) is 3. The molecule has 34 heavy (non-hydrogen) atoms. The summed E-state index contributed by atoms with van der Waals surface area (Å²) >= 11 is 0. The fraction of sp³-hybridized carbons (Fsp3) is 0.192. The third-order valence-corrected chi connectivity index (χ3v) is 5.83. The minimum Gasteiger partial charge on any atom is -0.488 e. The van der Waals surface area contributed by atoms with Crippen LogP contribution in [0.1, 0.15) is 17.0 Å². The number of fused-ring (bicyclic) bond motifs is 1. The van der Waals surface area contributed by atoms with Gasteiger partial charge in [0.1, 0.15) is 17.9 Å². The summed E-state index contributed by atoms with van der Waals surface area (Å²) in [5, 5.41) is 8.27. The van der Waals surface area contributed by atoms with E-state index in [1.165, 1.54) is 0 Å². The maximum atomic E-state index is 6.33. The predicted molar refractivity (Wildman–Crippen MR) is 132 cm³/mol. The molecule has 0 radical (unpaired) electrons. The Labute approximate surface area is 197 Å². The van der Waals surface area contributed by atoms with Gasteiger partial charge in [0.05, 0.1) is 23.8 Å². The van der Waals surface area contributed by atoms with Crippen molar-refractivity contribution in [2.24, 2.45) is 5.73 Å². The molecule has 8 heteroatoms. The number of furan rings is 1. The van der Waals surface area contributed by atoms with Crippen LogP contribution >= 0.6 is 0 Å². The molecule has 0 aliphatic carbocycles.